The van der Waals surface area contributed by atoms with Crippen LogP contribution in [0, 0.1) is 0 Å². The van der Waals surface area contributed by atoms with E-state index >= 15 is 0 Å². The molecule has 2 aromatic rings. The van der Waals surface area contributed by atoms with E-state index in [1.54, 1.807) is 18.9 Å². The van der Waals surface area contributed by atoms with Gasteiger partial charge in [0.15, 0.2) is 0 Å². The van der Waals surface area contributed by atoms with Gasteiger partial charge in [0.2, 0.25) is 0 Å². The van der Waals surface area contributed by atoms with E-state index in [2.05, 4.69) is 17.6 Å². The molecule has 3 rings (SSSR count). The summed E-state index contributed by atoms with van der Waals surface area (Å²) in [6, 6.07) is 7.77. The number of nitrogen functional groups attached to an aromatic ring is 1. The molecule has 1 aromatic carbocycles. The molecule has 1 aromatic heterocycles. The molecule has 0 radical (unpaired) electrons. The van der Waals surface area contributed by atoms with Gasteiger partial charge in [0.25, 0.3) is 0 Å². The minimum absolute atomic E-state index is 0.451. The number of methoxy groups -OCH3 is 1. The number of aromatic nitrogens is 1. The fraction of sp³-hybridized carbons (Fsp3) is 0.381. The highest BCUT2D eigenvalue weighted by molar-refractivity contribution is 8.10. The molecule has 0 amide bonds. The number of pyridine rings is 1. The molecule has 138 valence electrons. The molecule has 0 fully saturated rings. The van der Waals surface area contributed by atoms with Crippen LogP contribution in [-0.4, -0.2) is 24.3 Å². The number of nitrogens with zero attached hydrogens (tertiary/aromatic N) is 1. The average Bonchev–Trinajstić information content (AvgIpc) is 2.54. The largest absolute Gasteiger partial charge is 0.485 e. The van der Waals surface area contributed by atoms with Crippen molar-refractivity contribution in [3.05, 3.63) is 47.5 Å². The maximum atomic E-state index is 6.32. The summed E-state index contributed by atoms with van der Waals surface area (Å²) in [4.78, 5) is 6.02. The van der Waals surface area contributed by atoms with Gasteiger partial charge in [0.05, 0.1) is 17.8 Å². The molecule has 1 aliphatic rings. The van der Waals surface area contributed by atoms with Crippen molar-refractivity contribution in [2.45, 2.75) is 38.7 Å². The van der Waals surface area contributed by atoms with Crippen LogP contribution >= 0.6 is 11.8 Å². The fourth-order valence-corrected chi connectivity index (χ4v) is 3.79. The molecule has 0 saturated heterocycles. The van der Waals surface area contributed by atoms with Crippen LogP contribution in [0.4, 0.5) is 5.69 Å². The van der Waals surface area contributed by atoms with E-state index in [4.69, 9.17) is 20.2 Å². The summed E-state index contributed by atoms with van der Waals surface area (Å²) in [5.41, 5.74) is 8.06. The molecule has 4 nitrogen and oxygen atoms in total. The highest BCUT2D eigenvalue weighted by Gasteiger charge is 2.22. The van der Waals surface area contributed by atoms with Crippen molar-refractivity contribution in [1.82, 2.24) is 4.98 Å². The van der Waals surface area contributed by atoms with Gasteiger partial charge in [-0.2, -0.15) is 0 Å². The Bertz CT molecular complexity index is 843. The molecule has 5 heteroatoms. The highest BCUT2D eigenvalue weighted by atomic mass is 32.2. The summed E-state index contributed by atoms with van der Waals surface area (Å²) >= 11 is 1.71. The van der Waals surface area contributed by atoms with Gasteiger partial charge < -0.3 is 15.2 Å². The van der Waals surface area contributed by atoms with Crippen LogP contribution in [0.5, 0.6) is 5.75 Å². The minimum Gasteiger partial charge on any atom is -0.485 e. The lowest BCUT2D eigenvalue weighted by atomic mass is 10.1. The van der Waals surface area contributed by atoms with Crippen LogP contribution in [0.3, 0.4) is 0 Å². The molecule has 2 heterocycles. The Labute approximate surface area is 159 Å². The second kappa shape index (κ2) is 8.14. The topological polar surface area (TPSA) is 57.4 Å². The molecule has 0 saturated carbocycles. The predicted molar refractivity (Wildman–Crippen MR) is 111 cm³/mol. The smallest absolute Gasteiger partial charge is 0.131 e. The lowest BCUT2D eigenvalue weighted by Crippen LogP contribution is -2.33. The first kappa shape index (κ1) is 18.8. The van der Waals surface area contributed by atoms with E-state index in [-0.39, 0.29) is 0 Å². The summed E-state index contributed by atoms with van der Waals surface area (Å²) in [5, 5.41) is 3.07. The Morgan fingerprint density at radius 3 is 2.88 bits per heavy atom. The Balaban J connectivity index is 2.08. The van der Waals surface area contributed by atoms with Crippen LogP contribution in [0.15, 0.2) is 41.8 Å². The van der Waals surface area contributed by atoms with Crippen molar-refractivity contribution >= 4 is 33.3 Å². The lowest BCUT2D eigenvalue weighted by Gasteiger charge is -2.26. The Kier molecular flexibility index (Phi) is 5.89. The minimum atomic E-state index is -0.451. The molecule has 0 unspecified atom stereocenters. The normalized spacial score (nSPS) is 18.7. The summed E-state index contributed by atoms with van der Waals surface area (Å²) in [7, 11) is 1.68. The van der Waals surface area contributed by atoms with Crippen LogP contribution < -0.4 is 10.5 Å². The zero-order valence-electron chi connectivity index (χ0n) is 15.6. The van der Waals surface area contributed by atoms with Gasteiger partial charge in [-0.25, -0.2) is 4.98 Å². The number of thioether (sulfide) groups is 1. The number of hydrogen-bond donors (Lipinski definition) is 1. The van der Waals surface area contributed by atoms with E-state index < -0.39 is 5.60 Å². The van der Waals surface area contributed by atoms with Gasteiger partial charge in [0.1, 0.15) is 11.4 Å². The van der Waals surface area contributed by atoms with Gasteiger partial charge in [-0.3, -0.25) is 0 Å². The molecule has 0 aliphatic carbocycles. The second-order valence-corrected chi connectivity index (χ2v) is 8.01. The van der Waals surface area contributed by atoms with Gasteiger partial charge >= 0.3 is 0 Å². The van der Waals surface area contributed by atoms with E-state index in [0.29, 0.717) is 12.3 Å². The van der Waals surface area contributed by atoms with Crippen molar-refractivity contribution in [3.8, 4) is 5.75 Å². The maximum absolute atomic E-state index is 6.32. The number of nitrogens with two attached hydrogens (primary N) is 1. The van der Waals surface area contributed by atoms with E-state index in [0.717, 1.165) is 46.5 Å². The first-order valence-electron chi connectivity index (χ1n) is 8.89. The Morgan fingerprint density at radius 2 is 2.08 bits per heavy atom. The van der Waals surface area contributed by atoms with Crippen LogP contribution in [0.25, 0.3) is 15.8 Å². The van der Waals surface area contributed by atoms with E-state index in [1.165, 1.54) is 0 Å². The lowest BCUT2D eigenvalue weighted by molar-refractivity contribution is 0.0191. The van der Waals surface area contributed by atoms with Crippen molar-refractivity contribution in [2.75, 3.05) is 19.5 Å². The van der Waals surface area contributed by atoms with Gasteiger partial charge in [-0.15, -0.1) is 0 Å². The summed E-state index contributed by atoms with van der Waals surface area (Å²) in [5.74, 6) is 0.784. The van der Waals surface area contributed by atoms with Gasteiger partial charge in [-0.1, -0.05) is 23.9 Å². The van der Waals surface area contributed by atoms with Crippen molar-refractivity contribution in [2.24, 2.45) is 0 Å². The maximum Gasteiger partial charge on any atom is 0.131 e. The number of allylic oxidation sites excluding steroid dienone is 2. The number of benzene rings is 1. The number of anilines is 1. The van der Waals surface area contributed by atoms with Crippen LogP contribution in [0.1, 0.15) is 38.8 Å². The SMILES string of the molecule is COCC(C)(C)Oc1cc(/C2=C/CCC/C=C/S2)nc2ccc(N)cc12. The van der Waals surface area contributed by atoms with Crippen LogP contribution in [0.2, 0.25) is 0 Å². The summed E-state index contributed by atoms with van der Waals surface area (Å²) in [6.07, 6.45) is 7.83. The third-order valence-corrected chi connectivity index (χ3v) is 5.08. The Morgan fingerprint density at radius 1 is 1.23 bits per heavy atom. The predicted octanol–water partition coefficient (Wildman–Crippen LogP) is 5.39. The second-order valence-electron chi connectivity index (χ2n) is 7.07. The van der Waals surface area contributed by atoms with Crippen molar-refractivity contribution in [3.63, 3.8) is 0 Å². The zero-order valence-corrected chi connectivity index (χ0v) is 16.4. The number of ether oxygens (including phenoxy) is 2. The molecule has 2 N–H and O–H groups in total. The first-order chi connectivity index (χ1) is 12.5. The Hall–Kier alpha value is -1.98. The van der Waals surface area contributed by atoms with E-state index in [9.17, 15) is 0 Å². The summed E-state index contributed by atoms with van der Waals surface area (Å²) < 4.78 is 11.6. The number of hydrogen-bond acceptors (Lipinski definition) is 5. The number of fused-ring (bicyclic) bond motifs is 1. The molecule has 26 heavy (non-hydrogen) atoms. The standard InChI is InChI=1S/C21H26N2O2S/c1-21(2,14-24-3)25-19-13-18(20-8-6-4-5-7-11-26-20)23-17-10-9-15(22)12-16(17)19/h7-13H,4-6,14,22H2,1-3H3/b11-7+,20-8-. The third-order valence-electron chi connectivity index (χ3n) is 4.12. The monoisotopic (exact) mass is 370 g/mol. The zero-order chi connectivity index (χ0) is 18.6. The molecular formula is C21H26N2O2S. The van der Waals surface area contributed by atoms with Crippen molar-refractivity contribution < 1.29 is 9.47 Å². The molecule has 0 bridgehead atoms. The first-order valence-corrected chi connectivity index (χ1v) is 9.77. The highest BCUT2D eigenvalue weighted by Crippen LogP contribution is 2.36. The van der Waals surface area contributed by atoms with Crippen molar-refractivity contribution in [1.29, 1.82) is 0 Å². The fourth-order valence-electron chi connectivity index (χ4n) is 2.97. The molecule has 0 atom stereocenters. The molecular weight excluding hydrogens is 344 g/mol. The van der Waals surface area contributed by atoms with Gasteiger partial charge in [-0.05, 0) is 56.7 Å². The van der Waals surface area contributed by atoms with Gasteiger partial charge in [0, 0.05) is 29.2 Å². The number of rotatable bonds is 5. The van der Waals surface area contributed by atoms with E-state index in [1.807, 2.05) is 38.1 Å². The molecule has 1 aliphatic heterocycles. The summed E-state index contributed by atoms with van der Waals surface area (Å²) in [6.45, 7) is 4.53. The third kappa shape index (κ3) is 4.59. The quantitative estimate of drug-likeness (QED) is 0.715. The van der Waals surface area contributed by atoms with Crippen LogP contribution in [-0.2, 0) is 4.74 Å². The average molecular weight is 371 g/mol. The molecule has 0 spiro atoms.